The lowest BCUT2D eigenvalue weighted by atomic mass is 12.0. The smallest absolute Gasteiger partial charge is 0 e. The van der Waals surface area contributed by atoms with Crippen LogP contribution in [0, 0.1) is 20.7 Å². The van der Waals surface area contributed by atoms with Crippen LogP contribution in [0.5, 0.6) is 0 Å². The lowest BCUT2D eigenvalue weighted by Gasteiger charge is -0.707. The standard InChI is InChI=1S/CH4.N2.H3N.O2.H2/c;1-2;;1-2;/h1H4;;1H3;;1H. The Morgan fingerprint density at radius 2 is 1.17 bits per heavy atom. The minimum atomic E-state index is 0. The van der Waals surface area contributed by atoms with Gasteiger partial charge in [0.2, 0.25) is 0 Å². The molecule has 0 saturated carbocycles. The van der Waals surface area contributed by atoms with Crippen LogP contribution in [0.3, 0.4) is 0 Å². The monoisotopic (exact) mass is 95.1 g/mol. The Kier molecular flexibility index (Phi) is 465. The lowest BCUT2D eigenvalue weighted by Crippen LogP contribution is -0.674. The first-order chi connectivity index (χ1) is 2.00. The third-order valence-corrected chi connectivity index (χ3v) is 0. The van der Waals surface area contributed by atoms with Crippen LogP contribution in [0.4, 0.5) is 0 Å². The molecule has 0 unspecified atom stereocenters. The predicted octanol–water partition coefficient (Wildman–Crippen LogP) is 1.14. The average Bonchev–Trinajstić information content (AvgIpc) is 1.50. The van der Waals surface area contributed by atoms with E-state index in [2.05, 4.69) is 0 Å². The van der Waals surface area contributed by atoms with E-state index in [1.807, 2.05) is 0 Å². The first kappa shape index (κ1) is 82.1. The highest BCUT2D eigenvalue weighted by molar-refractivity contribution is 4.07. The largest absolute Gasteiger partial charge is 0.344 e. The van der Waals surface area contributed by atoms with Gasteiger partial charge in [-0.25, -0.2) is 0 Å². The van der Waals surface area contributed by atoms with Crippen molar-refractivity contribution in [2.45, 2.75) is 7.43 Å². The molecule has 0 aliphatic carbocycles. The fourth-order valence-corrected chi connectivity index (χ4v) is 0. The van der Waals surface area contributed by atoms with E-state index in [9.17, 15) is 0 Å². The van der Waals surface area contributed by atoms with Crippen molar-refractivity contribution in [1.82, 2.24) is 6.15 Å². The van der Waals surface area contributed by atoms with Gasteiger partial charge in [0.25, 0.3) is 0 Å². The zero-order chi connectivity index (χ0) is 4.00. The van der Waals surface area contributed by atoms with Gasteiger partial charge < -0.3 is 6.15 Å². The van der Waals surface area contributed by atoms with E-state index in [0.29, 0.717) is 0 Å². The van der Waals surface area contributed by atoms with Crippen molar-refractivity contribution < 1.29 is 1.43 Å². The summed E-state index contributed by atoms with van der Waals surface area (Å²) in [6, 6.07) is 0. The van der Waals surface area contributed by atoms with Crippen molar-refractivity contribution in [3.63, 3.8) is 0 Å². The van der Waals surface area contributed by atoms with E-state index in [1.54, 1.807) is 0 Å². The van der Waals surface area contributed by atoms with Crippen LogP contribution < -0.4 is 6.15 Å². The van der Waals surface area contributed by atoms with E-state index in [4.69, 9.17) is 20.7 Å². The number of hydrogen-bond donors (Lipinski definition) is 1. The molecule has 0 aliphatic rings. The third-order valence-electron chi connectivity index (χ3n) is 0. The molecule has 0 aromatic carbocycles. The molecule has 5 nitrogen and oxygen atoms in total. The van der Waals surface area contributed by atoms with Gasteiger partial charge in [-0.2, -0.15) is 0 Å². The average molecular weight is 95.1 g/mol. The molecule has 5 heteroatoms. The van der Waals surface area contributed by atoms with Gasteiger partial charge in [-0.05, 0) is 0 Å². The first-order valence-electron chi connectivity index (χ1n) is 0.367. The normalized spacial score (nSPS) is 1.00. The maximum atomic E-state index is 7.00. The summed E-state index contributed by atoms with van der Waals surface area (Å²) in [5, 5.41) is 12.0. The van der Waals surface area contributed by atoms with Crippen molar-refractivity contribution in [2.24, 2.45) is 0 Å². The molecular formula is CH9N3O2. The van der Waals surface area contributed by atoms with Gasteiger partial charge in [0.1, 0.15) is 0 Å². The Morgan fingerprint density at radius 3 is 1.17 bits per heavy atom. The van der Waals surface area contributed by atoms with Gasteiger partial charge in [-0.1, -0.05) is 7.43 Å². The Hall–Kier alpha value is -1.02. The Bertz CT molecular complexity index is 24.1. The molecule has 0 atom stereocenters. The molecule has 0 bridgehead atoms. The summed E-state index contributed by atoms with van der Waals surface area (Å²) in [6.45, 7) is 0. The molecule has 0 aromatic rings. The summed E-state index contributed by atoms with van der Waals surface area (Å²) in [5.74, 6) is 0. The topological polar surface area (TPSA) is 117 Å². The third kappa shape index (κ3) is 11.2. The van der Waals surface area contributed by atoms with Crippen LogP contribution >= 0.6 is 0 Å². The van der Waals surface area contributed by atoms with Crippen LogP contribution in [-0.4, -0.2) is 0 Å². The highest BCUT2D eigenvalue weighted by Gasteiger charge is 0.707. The summed E-state index contributed by atoms with van der Waals surface area (Å²) in [5.41, 5.74) is 0. The molecule has 0 saturated heterocycles. The van der Waals surface area contributed by atoms with Crippen molar-refractivity contribution in [3.05, 3.63) is 9.93 Å². The van der Waals surface area contributed by atoms with Crippen LogP contribution in [0.25, 0.3) is 0 Å². The number of hydrogen-bond acceptors (Lipinski definition) is 5. The number of rotatable bonds is 0. The predicted molar refractivity (Wildman–Crippen MR) is 24.1 cm³/mol. The summed E-state index contributed by atoms with van der Waals surface area (Å²) in [6.07, 6.45) is 0. The SMILES string of the molecule is C.N.N#N.O=O.[HH]. The van der Waals surface area contributed by atoms with Crippen molar-refractivity contribution in [2.75, 3.05) is 0 Å². The molecule has 0 fully saturated rings. The summed E-state index contributed by atoms with van der Waals surface area (Å²) in [4.78, 5) is 14.0. The molecule has 0 heterocycles. The molecule has 0 spiro atoms. The fraction of sp³-hybridized carbons (Fsp3) is 1.00. The quantitative estimate of drug-likeness (QED) is 0.452. The minimum Gasteiger partial charge on any atom is -0.344 e. The second-order valence-corrected chi connectivity index (χ2v) is 0. The second-order valence-electron chi connectivity index (χ2n) is 0. The molecule has 3 N–H and O–H groups in total. The summed E-state index contributed by atoms with van der Waals surface area (Å²) in [7, 11) is 0. The van der Waals surface area contributed by atoms with Gasteiger partial charge in [0.05, 0.1) is 0 Å². The highest BCUT2D eigenvalue weighted by Crippen LogP contribution is 0.741. The van der Waals surface area contributed by atoms with Crippen molar-refractivity contribution >= 4 is 0 Å². The van der Waals surface area contributed by atoms with Gasteiger partial charge in [0, 0.05) is 22.1 Å². The Balaban J connectivity index is -0.00000000267. The van der Waals surface area contributed by atoms with Crippen LogP contribution in [0.1, 0.15) is 8.85 Å². The van der Waals surface area contributed by atoms with E-state index in [-0.39, 0.29) is 15.0 Å². The second kappa shape index (κ2) is 34.0. The molecule has 0 amide bonds. The van der Waals surface area contributed by atoms with E-state index < -0.39 is 0 Å². The molecular weight excluding hydrogens is 86.0 g/mol. The molecule has 40 valence electrons. The summed E-state index contributed by atoms with van der Waals surface area (Å²) >= 11 is 0. The molecule has 6 heavy (non-hydrogen) atoms. The summed E-state index contributed by atoms with van der Waals surface area (Å²) < 4.78 is 0. The van der Waals surface area contributed by atoms with Crippen LogP contribution in [-0.2, 0) is 0 Å². The maximum Gasteiger partial charge on any atom is 0 e. The molecule has 0 aromatic heterocycles. The van der Waals surface area contributed by atoms with Crippen molar-refractivity contribution in [1.29, 1.82) is 10.8 Å². The Labute approximate surface area is 37.1 Å². The lowest BCUT2D eigenvalue weighted by molar-refractivity contribution is 1.15. The molecule has 0 aliphatic heterocycles. The van der Waals surface area contributed by atoms with Crippen LogP contribution in [0.15, 0.2) is 0 Å². The van der Waals surface area contributed by atoms with Crippen LogP contribution in [0.2, 0.25) is 0 Å². The maximum absolute atomic E-state index is 7.00. The van der Waals surface area contributed by atoms with Gasteiger partial charge in [0.15, 0.2) is 0 Å². The Morgan fingerprint density at radius 1 is 1.17 bits per heavy atom. The highest BCUT2D eigenvalue weighted by atomic mass is 16.7. The zero-order valence-electron chi connectivity index (χ0n) is 2.42. The van der Waals surface area contributed by atoms with Gasteiger partial charge in [-0.15, -0.1) is 0 Å². The fourth-order valence-electron chi connectivity index (χ4n) is 0. The zero-order valence-corrected chi connectivity index (χ0v) is 2.42. The molecule has 0 rings (SSSR count). The van der Waals surface area contributed by atoms with E-state index in [1.165, 1.54) is 0 Å². The first-order valence-corrected chi connectivity index (χ1v) is 0.367. The van der Waals surface area contributed by atoms with Gasteiger partial charge >= 0.3 is 0 Å². The minimum absolute atomic E-state index is 0. The molecule has 0 radical (unpaired) electrons. The van der Waals surface area contributed by atoms with E-state index >= 15 is 0 Å². The van der Waals surface area contributed by atoms with Crippen molar-refractivity contribution in [3.8, 4) is 0 Å². The van der Waals surface area contributed by atoms with E-state index in [0.717, 1.165) is 0 Å². The number of nitrogens with zero attached hydrogens (tertiary/aromatic N) is 2. The van der Waals surface area contributed by atoms with Gasteiger partial charge in [-0.3, -0.25) is 0 Å².